The van der Waals surface area contributed by atoms with Gasteiger partial charge >= 0.3 is 5.97 Å². The molecule has 1 aliphatic heterocycles. The molecule has 1 saturated heterocycles. The van der Waals surface area contributed by atoms with Crippen molar-refractivity contribution < 1.29 is 49.6 Å². The van der Waals surface area contributed by atoms with Crippen LogP contribution in [0.15, 0.2) is 78.9 Å². The number of aromatic nitrogens is 1. The molecular formula is C35H35NO10. The van der Waals surface area contributed by atoms with E-state index in [9.17, 15) is 35.4 Å². The minimum Gasteiger partial charge on any atom is -0.422 e. The SMILES string of the molecule is O=C(Oc1c(CO)[nH]c2ccc3cc4ccccc4cc3c12)C1OC(O)(C2(O)CC(O)CC2CO)C(O)C1OCc1ccccc1. The number of benzene rings is 4. The molecule has 11 nitrogen and oxygen atoms in total. The molecule has 2 fully saturated rings. The highest BCUT2D eigenvalue weighted by atomic mass is 16.7. The maximum absolute atomic E-state index is 14.0. The number of hydrogen-bond acceptors (Lipinski definition) is 10. The highest BCUT2D eigenvalue weighted by Gasteiger charge is 2.70. The number of nitrogens with one attached hydrogen (secondary N) is 1. The number of fused-ring (bicyclic) bond motifs is 4. The molecule has 1 aromatic heterocycles. The van der Waals surface area contributed by atoms with Crippen molar-refractivity contribution in [3.05, 3.63) is 90.1 Å². The molecule has 1 saturated carbocycles. The number of aromatic amines is 1. The van der Waals surface area contributed by atoms with Gasteiger partial charge in [-0.1, -0.05) is 60.7 Å². The molecule has 7 atom stereocenters. The molecule has 1 aliphatic carbocycles. The summed E-state index contributed by atoms with van der Waals surface area (Å²) >= 11 is 0. The summed E-state index contributed by atoms with van der Waals surface area (Å²) < 4.78 is 17.8. The lowest BCUT2D eigenvalue weighted by atomic mass is 9.80. The second-order valence-corrected chi connectivity index (χ2v) is 12.3. The average molecular weight is 630 g/mol. The highest BCUT2D eigenvalue weighted by Crippen LogP contribution is 2.50. The summed E-state index contributed by atoms with van der Waals surface area (Å²) in [6, 6.07) is 24.5. The number of ether oxygens (including phenoxy) is 3. The zero-order chi connectivity index (χ0) is 32.2. The van der Waals surface area contributed by atoms with E-state index in [1.165, 1.54) is 0 Å². The Morgan fingerprint density at radius 3 is 2.37 bits per heavy atom. The zero-order valence-electron chi connectivity index (χ0n) is 24.7. The Morgan fingerprint density at radius 2 is 1.65 bits per heavy atom. The Bertz CT molecular complexity index is 1910. The quantitative estimate of drug-likeness (QED) is 0.0995. The first-order valence-electron chi connectivity index (χ1n) is 15.2. The van der Waals surface area contributed by atoms with Gasteiger partial charge in [-0.15, -0.1) is 0 Å². The van der Waals surface area contributed by atoms with Crippen molar-refractivity contribution in [1.82, 2.24) is 4.98 Å². The molecule has 240 valence electrons. The van der Waals surface area contributed by atoms with Crippen LogP contribution in [0.25, 0.3) is 32.4 Å². The van der Waals surface area contributed by atoms with Gasteiger partial charge in [-0.2, -0.15) is 0 Å². The van der Waals surface area contributed by atoms with E-state index < -0.39 is 67.3 Å². The number of aliphatic hydroxyl groups excluding tert-OH is 4. The third kappa shape index (κ3) is 4.88. The number of H-pyrrole nitrogens is 1. The van der Waals surface area contributed by atoms with E-state index in [0.29, 0.717) is 16.5 Å². The van der Waals surface area contributed by atoms with Gasteiger partial charge in [-0.05, 0) is 51.7 Å². The summed E-state index contributed by atoms with van der Waals surface area (Å²) in [5.74, 6) is -4.89. The summed E-state index contributed by atoms with van der Waals surface area (Å²) in [4.78, 5) is 17.1. The molecule has 7 rings (SSSR count). The van der Waals surface area contributed by atoms with Gasteiger partial charge in [-0.3, -0.25) is 0 Å². The predicted molar refractivity (Wildman–Crippen MR) is 166 cm³/mol. The molecule has 7 N–H and O–H groups in total. The normalized spacial score (nSPS) is 29.7. The smallest absolute Gasteiger partial charge is 0.343 e. The maximum Gasteiger partial charge on any atom is 0.343 e. The molecule has 4 aromatic carbocycles. The Hall–Kier alpha value is -3.91. The van der Waals surface area contributed by atoms with Crippen molar-refractivity contribution in [2.24, 2.45) is 5.92 Å². The van der Waals surface area contributed by atoms with Crippen molar-refractivity contribution in [3.63, 3.8) is 0 Å². The van der Waals surface area contributed by atoms with Crippen LogP contribution in [0, 0.1) is 5.92 Å². The molecule has 0 radical (unpaired) electrons. The number of aliphatic hydroxyl groups is 6. The number of carbonyl (C=O) groups excluding carboxylic acids is 1. The molecule has 2 aliphatic rings. The molecule has 0 spiro atoms. The number of rotatable bonds is 8. The first-order valence-corrected chi connectivity index (χ1v) is 15.2. The number of carbonyl (C=O) groups is 1. The van der Waals surface area contributed by atoms with E-state index in [2.05, 4.69) is 4.98 Å². The second-order valence-electron chi connectivity index (χ2n) is 12.3. The molecular weight excluding hydrogens is 594 g/mol. The van der Waals surface area contributed by atoms with Gasteiger partial charge in [0.15, 0.2) is 11.9 Å². The fourth-order valence-electron chi connectivity index (χ4n) is 7.12. The minimum atomic E-state index is -2.81. The summed E-state index contributed by atoms with van der Waals surface area (Å²) in [6.45, 7) is -1.19. The van der Waals surface area contributed by atoms with Gasteiger partial charge in [-0.25, -0.2) is 4.79 Å². The van der Waals surface area contributed by atoms with Crippen LogP contribution >= 0.6 is 0 Å². The van der Waals surface area contributed by atoms with Crippen LogP contribution in [0.3, 0.4) is 0 Å². The van der Waals surface area contributed by atoms with E-state index in [0.717, 1.165) is 21.5 Å². The van der Waals surface area contributed by atoms with Crippen LogP contribution in [0.5, 0.6) is 5.75 Å². The summed E-state index contributed by atoms with van der Waals surface area (Å²) in [7, 11) is 0. The summed E-state index contributed by atoms with van der Waals surface area (Å²) in [5, 5.41) is 69.6. The van der Waals surface area contributed by atoms with Crippen LogP contribution in [-0.4, -0.2) is 84.0 Å². The van der Waals surface area contributed by atoms with Crippen molar-refractivity contribution in [1.29, 1.82) is 0 Å². The van der Waals surface area contributed by atoms with Gasteiger partial charge < -0.3 is 49.8 Å². The molecule has 11 heteroatoms. The Kier molecular flexibility index (Phi) is 7.82. The van der Waals surface area contributed by atoms with E-state index in [1.54, 1.807) is 24.3 Å². The topological polar surface area (TPSA) is 182 Å². The second kappa shape index (κ2) is 11.7. The van der Waals surface area contributed by atoms with Gasteiger partial charge in [0, 0.05) is 18.9 Å². The van der Waals surface area contributed by atoms with Gasteiger partial charge in [0.25, 0.3) is 0 Å². The Balaban J connectivity index is 1.28. The third-order valence-corrected chi connectivity index (χ3v) is 9.49. The number of hydrogen-bond donors (Lipinski definition) is 7. The molecule has 46 heavy (non-hydrogen) atoms. The van der Waals surface area contributed by atoms with Gasteiger partial charge in [0.05, 0.1) is 35.9 Å². The largest absolute Gasteiger partial charge is 0.422 e. The highest BCUT2D eigenvalue weighted by molar-refractivity contribution is 6.14. The first-order chi connectivity index (χ1) is 22.2. The fourth-order valence-corrected chi connectivity index (χ4v) is 7.12. The molecule has 0 bridgehead atoms. The third-order valence-electron chi connectivity index (χ3n) is 9.49. The lowest BCUT2D eigenvalue weighted by molar-refractivity contribution is -0.326. The Morgan fingerprint density at radius 1 is 0.935 bits per heavy atom. The van der Waals surface area contributed by atoms with E-state index in [1.807, 2.05) is 54.6 Å². The van der Waals surface area contributed by atoms with Gasteiger partial charge in [0.2, 0.25) is 5.79 Å². The van der Waals surface area contributed by atoms with Crippen LogP contribution in [0.1, 0.15) is 24.1 Å². The van der Waals surface area contributed by atoms with Gasteiger partial charge in [0.1, 0.15) is 17.8 Å². The van der Waals surface area contributed by atoms with E-state index in [-0.39, 0.29) is 24.5 Å². The molecule has 5 aromatic rings. The lowest BCUT2D eigenvalue weighted by Gasteiger charge is -2.42. The van der Waals surface area contributed by atoms with Crippen molar-refractivity contribution in [2.45, 2.75) is 61.9 Å². The predicted octanol–water partition coefficient (Wildman–Crippen LogP) is 2.40. The maximum atomic E-state index is 14.0. The molecule has 2 heterocycles. The lowest BCUT2D eigenvalue weighted by Crippen LogP contribution is -2.63. The summed E-state index contributed by atoms with van der Waals surface area (Å²) in [6.07, 6.45) is -6.84. The number of esters is 1. The van der Waals surface area contributed by atoms with Crippen LogP contribution < -0.4 is 4.74 Å². The monoisotopic (exact) mass is 629 g/mol. The van der Waals surface area contributed by atoms with E-state index >= 15 is 0 Å². The molecule has 0 amide bonds. The Labute approximate surface area is 263 Å². The fraction of sp³-hybridized carbons (Fsp3) is 0.343. The van der Waals surface area contributed by atoms with Crippen molar-refractivity contribution in [3.8, 4) is 5.75 Å². The van der Waals surface area contributed by atoms with Crippen molar-refractivity contribution in [2.75, 3.05) is 6.61 Å². The average Bonchev–Trinajstić information content (AvgIpc) is 3.68. The minimum absolute atomic E-state index is 0.0435. The van der Waals surface area contributed by atoms with E-state index in [4.69, 9.17) is 14.2 Å². The van der Waals surface area contributed by atoms with Crippen LogP contribution in [0.2, 0.25) is 0 Å². The first kappa shape index (κ1) is 30.7. The zero-order valence-corrected chi connectivity index (χ0v) is 24.7. The van der Waals surface area contributed by atoms with Crippen molar-refractivity contribution >= 4 is 38.4 Å². The van der Waals surface area contributed by atoms with Crippen LogP contribution in [0.4, 0.5) is 0 Å². The molecule has 7 unspecified atom stereocenters. The summed E-state index contributed by atoms with van der Waals surface area (Å²) in [5.41, 5.74) is -0.788. The van der Waals surface area contributed by atoms with Crippen LogP contribution in [-0.2, 0) is 27.5 Å². The standard InChI is InChI=1S/C35H35NO10/c37-16-23-14-24(39)15-34(23,42)35(43)32(40)30(44-18-19-6-2-1-3-7-19)31(46-35)33(41)45-29-27(17-38)36-26-11-10-22-12-20-8-4-5-9-21(20)13-25(22)28(26)29/h1-13,23-24,30-32,36-40,42-43H,14-18H2.